The SMILES string of the molecule is CSC1(CNC(=O)NC2CCN(Cc3ccccn3)CC2C)CC1. The van der Waals surface area contributed by atoms with Gasteiger partial charge in [-0.1, -0.05) is 13.0 Å². The van der Waals surface area contributed by atoms with E-state index >= 15 is 0 Å². The van der Waals surface area contributed by atoms with E-state index in [2.05, 4.69) is 39.8 Å². The van der Waals surface area contributed by atoms with Gasteiger partial charge in [0.15, 0.2) is 0 Å². The highest BCUT2D eigenvalue weighted by Gasteiger charge is 2.42. The van der Waals surface area contributed by atoms with Gasteiger partial charge in [0, 0.05) is 43.2 Å². The van der Waals surface area contributed by atoms with Gasteiger partial charge in [-0.25, -0.2) is 4.79 Å². The molecule has 1 saturated heterocycles. The third-order valence-corrected chi connectivity index (χ3v) is 6.65. The zero-order chi connectivity index (χ0) is 17.0. The predicted octanol–water partition coefficient (Wildman–Crippen LogP) is 2.49. The Kier molecular flexibility index (Phi) is 5.66. The first-order valence-electron chi connectivity index (χ1n) is 8.82. The van der Waals surface area contributed by atoms with E-state index in [0.717, 1.165) is 38.3 Å². The summed E-state index contributed by atoms with van der Waals surface area (Å²) in [5.41, 5.74) is 1.11. The van der Waals surface area contributed by atoms with Crippen LogP contribution in [0.25, 0.3) is 0 Å². The number of likely N-dealkylation sites (tertiary alicyclic amines) is 1. The standard InChI is InChI=1S/C18H28N4OS/c1-14-11-22(12-15-5-3-4-9-19-15)10-6-16(14)21-17(23)20-13-18(24-2)7-8-18/h3-5,9,14,16H,6-8,10-13H2,1-2H3,(H2,20,21,23). The highest BCUT2D eigenvalue weighted by molar-refractivity contribution is 8.00. The first kappa shape index (κ1) is 17.5. The second kappa shape index (κ2) is 7.74. The Morgan fingerprint density at radius 3 is 2.92 bits per heavy atom. The van der Waals surface area contributed by atoms with Crippen molar-refractivity contribution in [1.82, 2.24) is 20.5 Å². The first-order valence-corrected chi connectivity index (χ1v) is 10.0. The van der Waals surface area contributed by atoms with Crippen LogP contribution in [0.15, 0.2) is 24.4 Å². The normalized spacial score (nSPS) is 25.9. The zero-order valence-electron chi connectivity index (χ0n) is 14.6. The number of nitrogens with one attached hydrogen (secondary N) is 2. The quantitative estimate of drug-likeness (QED) is 0.829. The molecule has 3 rings (SSSR count). The lowest BCUT2D eigenvalue weighted by molar-refractivity contribution is 0.141. The molecule has 2 amide bonds. The third kappa shape index (κ3) is 4.63. The van der Waals surface area contributed by atoms with E-state index in [0.29, 0.717) is 10.7 Å². The Bertz CT molecular complexity index is 549. The van der Waals surface area contributed by atoms with Crippen LogP contribution in [-0.2, 0) is 6.54 Å². The van der Waals surface area contributed by atoms with Crippen molar-refractivity contribution in [3.63, 3.8) is 0 Å². The molecule has 2 atom stereocenters. The molecule has 0 spiro atoms. The van der Waals surface area contributed by atoms with Crippen molar-refractivity contribution in [3.8, 4) is 0 Å². The molecule has 5 nitrogen and oxygen atoms in total. The summed E-state index contributed by atoms with van der Waals surface area (Å²) < 4.78 is 0.314. The lowest BCUT2D eigenvalue weighted by atomic mass is 9.94. The van der Waals surface area contributed by atoms with Gasteiger partial charge in [-0.15, -0.1) is 0 Å². The molecule has 132 valence electrons. The molecular formula is C18H28N4OS. The summed E-state index contributed by atoms with van der Waals surface area (Å²) in [6.07, 6.45) is 7.41. The highest BCUT2D eigenvalue weighted by atomic mass is 32.2. The monoisotopic (exact) mass is 348 g/mol. The summed E-state index contributed by atoms with van der Waals surface area (Å²) in [4.78, 5) is 19.0. The van der Waals surface area contributed by atoms with Crippen molar-refractivity contribution in [2.24, 2.45) is 5.92 Å². The molecule has 24 heavy (non-hydrogen) atoms. The predicted molar refractivity (Wildman–Crippen MR) is 99.1 cm³/mol. The van der Waals surface area contributed by atoms with Crippen LogP contribution in [0.3, 0.4) is 0 Å². The number of nitrogens with zero attached hydrogens (tertiary/aromatic N) is 2. The Morgan fingerprint density at radius 1 is 1.46 bits per heavy atom. The molecule has 0 aromatic carbocycles. The summed E-state index contributed by atoms with van der Waals surface area (Å²) in [7, 11) is 0. The number of piperidine rings is 1. The molecule has 2 fully saturated rings. The van der Waals surface area contributed by atoms with Gasteiger partial charge in [-0.05, 0) is 43.6 Å². The molecule has 2 N–H and O–H groups in total. The van der Waals surface area contributed by atoms with Gasteiger partial charge in [0.2, 0.25) is 0 Å². The minimum Gasteiger partial charge on any atom is -0.337 e. The van der Waals surface area contributed by atoms with Gasteiger partial charge in [-0.2, -0.15) is 11.8 Å². The van der Waals surface area contributed by atoms with Crippen LogP contribution < -0.4 is 10.6 Å². The number of amides is 2. The van der Waals surface area contributed by atoms with E-state index in [-0.39, 0.29) is 12.1 Å². The second-order valence-electron chi connectivity index (χ2n) is 7.14. The Labute approximate surface area is 149 Å². The summed E-state index contributed by atoms with van der Waals surface area (Å²) in [5.74, 6) is 0.448. The Hall–Kier alpha value is -1.27. The van der Waals surface area contributed by atoms with E-state index in [4.69, 9.17) is 0 Å². The van der Waals surface area contributed by atoms with Crippen LogP contribution in [0.1, 0.15) is 31.9 Å². The minimum absolute atomic E-state index is 0.00893. The van der Waals surface area contributed by atoms with Crippen LogP contribution >= 0.6 is 11.8 Å². The molecule has 1 aromatic heterocycles. The summed E-state index contributed by atoms with van der Waals surface area (Å²) in [6, 6.07) is 6.30. The average Bonchev–Trinajstić information content (AvgIpc) is 3.37. The van der Waals surface area contributed by atoms with Gasteiger partial charge in [0.1, 0.15) is 0 Å². The van der Waals surface area contributed by atoms with Gasteiger partial charge >= 0.3 is 6.03 Å². The fourth-order valence-electron chi connectivity index (χ4n) is 3.36. The molecule has 2 heterocycles. The maximum absolute atomic E-state index is 12.2. The fourth-order valence-corrected chi connectivity index (χ4v) is 4.09. The second-order valence-corrected chi connectivity index (χ2v) is 8.42. The molecule has 6 heteroatoms. The summed E-state index contributed by atoms with van der Waals surface area (Å²) in [5, 5.41) is 6.24. The van der Waals surface area contributed by atoms with Crippen molar-refractivity contribution in [2.75, 3.05) is 25.9 Å². The van der Waals surface area contributed by atoms with E-state index in [1.807, 2.05) is 30.1 Å². The highest BCUT2D eigenvalue weighted by Crippen LogP contribution is 2.46. The summed E-state index contributed by atoms with van der Waals surface area (Å²) >= 11 is 1.87. The maximum atomic E-state index is 12.2. The molecule has 0 bridgehead atoms. The molecular weight excluding hydrogens is 320 g/mol. The Morgan fingerprint density at radius 2 is 2.29 bits per heavy atom. The lowest BCUT2D eigenvalue weighted by Crippen LogP contribution is -2.52. The van der Waals surface area contributed by atoms with Crippen LogP contribution in [0.5, 0.6) is 0 Å². The molecule has 1 aliphatic carbocycles. The lowest BCUT2D eigenvalue weighted by Gasteiger charge is -2.37. The van der Waals surface area contributed by atoms with E-state index in [9.17, 15) is 4.79 Å². The number of pyridine rings is 1. The van der Waals surface area contributed by atoms with Crippen LogP contribution in [0.2, 0.25) is 0 Å². The molecule has 1 saturated carbocycles. The molecule has 0 radical (unpaired) electrons. The van der Waals surface area contributed by atoms with Crippen molar-refractivity contribution in [2.45, 2.75) is 43.5 Å². The number of urea groups is 1. The number of aromatic nitrogens is 1. The zero-order valence-corrected chi connectivity index (χ0v) is 15.4. The maximum Gasteiger partial charge on any atom is 0.315 e. The van der Waals surface area contributed by atoms with Crippen molar-refractivity contribution in [3.05, 3.63) is 30.1 Å². The van der Waals surface area contributed by atoms with Gasteiger partial charge < -0.3 is 10.6 Å². The van der Waals surface area contributed by atoms with Crippen molar-refractivity contribution < 1.29 is 4.79 Å². The van der Waals surface area contributed by atoms with E-state index in [1.54, 1.807) is 0 Å². The van der Waals surface area contributed by atoms with Gasteiger partial charge in [0.05, 0.1) is 5.69 Å². The molecule has 2 aliphatic rings. The van der Waals surface area contributed by atoms with Crippen LogP contribution in [-0.4, -0.2) is 52.6 Å². The number of rotatable bonds is 6. The third-order valence-electron chi connectivity index (χ3n) is 5.23. The largest absolute Gasteiger partial charge is 0.337 e. The van der Waals surface area contributed by atoms with Gasteiger partial charge in [0.25, 0.3) is 0 Å². The number of hydrogen-bond acceptors (Lipinski definition) is 4. The van der Waals surface area contributed by atoms with E-state index in [1.165, 1.54) is 12.8 Å². The molecule has 1 aromatic rings. The number of thioether (sulfide) groups is 1. The average molecular weight is 349 g/mol. The summed E-state index contributed by atoms with van der Waals surface area (Å²) in [6.45, 7) is 5.89. The smallest absolute Gasteiger partial charge is 0.315 e. The fraction of sp³-hybridized carbons (Fsp3) is 0.667. The Balaban J connectivity index is 1.41. The molecule has 2 unspecified atom stereocenters. The number of carbonyl (C=O) groups excluding carboxylic acids is 1. The van der Waals surface area contributed by atoms with Gasteiger partial charge in [-0.3, -0.25) is 9.88 Å². The molecule has 1 aliphatic heterocycles. The number of hydrogen-bond donors (Lipinski definition) is 2. The topological polar surface area (TPSA) is 57.3 Å². The van der Waals surface area contributed by atoms with Crippen LogP contribution in [0, 0.1) is 5.92 Å². The van der Waals surface area contributed by atoms with Crippen molar-refractivity contribution >= 4 is 17.8 Å². The number of carbonyl (C=O) groups is 1. The van der Waals surface area contributed by atoms with Crippen LogP contribution in [0.4, 0.5) is 4.79 Å². The van der Waals surface area contributed by atoms with Crippen molar-refractivity contribution in [1.29, 1.82) is 0 Å². The first-order chi connectivity index (χ1) is 11.6. The van der Waals surface area contributed by atoms with E-state index < -0.39 is 0 Å². The minimum atomic E-state index is -0.00893.